The van der Waals surface area contributed by atoms with E-state index >= 15 is 0 Å². The molecule has 0 saturated carbocycles. The van der Waals surface area contributed by atoms with Crippen LogP contribution >= 0.6 is 11.6 Å². The summed E-state index contributed by atoms with van der Waals surface area (Å²) < 4.78 is 5.85. The summed E-state index contributed by atoms with van der Waals surface area (Å²) in [6.07, 6.45) is 0. The maximum atomic E-state index is 11.3. The van der Waals surface area contributed by atoms with Gasteiger partial charge in [-0.1, -0.05) is 17.7 Å². The molecule has 3 aromatic rings. The summed E-state index contributed by atoms with van der Waals surface area (Å²) in [6, 6.07) is 14.7. The highest BCUT2D eigenvalue weighted by Crippen LogP contribution is 2.28. The second-order valence-electron chi connectivity index (χ2n) is 5.48. The smallest absolute Gasteiger partial charge is 0.250 e. The number of amides is 1. The van der Waals surface area contributed by atoms with Gasteiger partial charge in [-0.05, 0) is 49.4 Å². The van der Waals surface area contributed by atoms with Gasteiger partial charge in [-0.25, -0.2) is 0 Å². The topological polar surface area (TPSA) is 74.5 Å². The number of aliphatic hydroxyl groups excluding tert-OH is 1. The van der Waals surface area contributed by atoms with Crippen LogP contribution in [0.3, 0.4) is 0 Å². The van der Waals surface area contributed by atoms with E-state index < -0.39 is 12.5 Å². The van der Waals surface area contributed by atoms with Crippen LogP contribution in [0.5, 0.6) is 0 Å². The number of furan rings is 1. The average molecular weight is 345 g/mol. The summed E-state index contributed by atoms with van der Waals surface area (Å²) in [5.74, 6) is 0.339. The van der Waals surface area contributed by atoms with E-state index in [1.165, 1.54) is 0 Å². The molecule has 1 unspecified atom stereocenters. The van der Waals surface area contributed by atoms with Gasteiger partial charge < -0.3 is 20.2 Å². The Kier molecular flexibility index (Phi) is 4.74. The fourth-order valence-electron chi connectivity index (χ4n) is 2.46. The van der Waals surface area contributed by atoms with Crippen molar-refractivity contribution >= 4 is 39.9 Å². The number of benzene rings is 2. The number of carbonyl (C=O) groups is 1. The summed E-state index contributed by atoms with van der Waals surface area (Å²) in [6.45, 7) is 1.44. The third-order valence-corrected chi connectivity index (χ3v) is 3.83. The van der Waals surface area contributed by atoms with Crippen molar-refractivity contribution in [3.05, 3.63) is 59.3 Å². The van der Waals surface area contributed by atoms with Gasteiger partial charge in [-0.2, -0.15) is 0 Å². The largest absolute Gasteiger partial charge is 0.459 e. The van der Waals surface area contributed by atoms with E-state index in [4.69, 9.17) is 21.1 Å². The summed E-state index contributed by atoms with van der Waals surface area (Å²) >= 11 is 6.00. The second-order valence-corrected chi connectivity index (χ2v) is 5.92. The van der Waals surface area contributed by atoms with Crippen LogP contribution in [0.4, 0.5) is 11.4 Å². The lowest BCUT2D eigenvalue weighted by Gasteiger charge is -2.14. The van der Waals surface area contributed by atoms with E-state index in [0.29, 0.717) is 10.7 Å². The lowest BCUT2D eigenvalue weighted by Crippen LogP contribution is -2.15. The predicted molar refractivity (Wildman–Crippen MR) is 95.4 cm³/mol. The fraction of sp³-hybridized carbons (Fsp3) is 0.167. The predicted octanol–water partition coefficient (Wildman–Crippen LogP) is 4.19. The quantitative estimate of drug-likeness (QED) is 0.648. The lowest BCUT2D eigenvalue weighted by atomic mass is 10.2. The number of hydrogen-bond donors (Lipinski definition) is 3. The first-order valence-electron chi connectivity index (χ1n) is 7.51. The Morgan fingerprint density at radius 1 is 1.21 bits per heavy atom. The van der Waals surface area contributed by atoms with Crippen molar-refractivity contribution in [2.45, 2.75) is 13.0 Å². The van der Waals surface area contributed by atoms with Crippen molar-refractivity contribution in [3.8, 4) is 0 Å². The number of hydrogen-bond acceptors (Lipinski definition) is 4. The maximum Gasteiger partial charge on any atom is 0.250 e. The molecule has 24 heavy (non-hydrogen) atoms. The molecule has 0 bridgehead atoms. The van der Waals surface area contributed by atoms with Gasteiger partial charge in [-0.3, -0.25) is 4.79 Å². The molecule has 0 aliphatic carbocycles. The van der Waals surface area contributed by atoms with Gasteiger partial charge in [0.2, 0.25) is 5.91 Å². The molecule has 3 N–H and O–H groups in total. The molecule has 0 fully saturated rings. The zero-order valence-electron chi connectivity index (χ0n) is 13.0. The van der Waals surface area contributed by atoms with Crippen LogP contribution < -0.4 is 10.6 Å². The van der Waals surface area contributed by atoms with Crippen LogP contribution in [0, 0.1) is 0 Å². The molecule has 0 saturated heterocycles. The highest BCUT2D eigenvalue weighted by atomic mass is 35.5. The van der Waals surface area contributed by atoms with Gasteiger partial charge in [0.25, 0.3) is 0 Å². The Bertz CT molecular complexity index is 876. The molecule has 1 heterocycles. The minimum atomic E-state index is -0.546. The molecular weight excluding hydrogens is 328 g/mol. The number of aliphatic hydroxyl groups is 1. The van der Waals surface area contributed by atoms with Crippen molar-refractivity contribution in [2.75, 3.05) is 17.2 Å². The van der Waals surface area contributed by atoms with Gasteiger partial charge in [0.15, 0.2) is 0 Å². The number of rotatable bonds is 5. The van der Waals surface area contributed by atoms with E-state index in [1.54, 1.807) is 18.2 Å². The molecule has 0 spiro atoms. The number of carbonyl (C=O) groups excluding carboxylic acids is 1. The van der Waals surface area contributed by atoms with Gasteiger partial charge in [-0.15, -0.1) is 0 Å². The van der Waals surface area contributed by atoms with Gasteiger partial charge in [0.05, 0.1) is 6.04 Å². The fourth-order valence-corrected chi connectivity index (χ4v) is 2.64. The molecule has 6 heteroatoms. The summed E-state index contributed by atoms with van der Waals surface area (Å²) in [4.78, 5) is 11.3. The normalized spacial score (nSPS) is 12.1. The van der Waals surface area contributed by atoms with Gasteiger partial charge in [0, 0.05) is 21.8 Å². The molecule has 1 atom stereocenters. The Morgan fingerprint density at radius 2 is 2.00 bits per heavy atom. The van der Waals surface area contributed by atoms with E-state index in [0.717, 1.165) is 22.4 Å². The van der Waals surface area contributed by atoms with Crippen molar-refractivity contribution in [2.24, 2.45) is 0 Å². The van der Waals surface area contributed by atoms with Crippen LogP contribution in [0.1, 0.15) is 18.7 Å². The highest BCUT2D eigenvalue weighted by molar-refractivity contribution is 6.31. The monoisotopic (exact) mass is 344 g/mol. The molecule has 0 aliphatic rings. The number of anilines is 2. The first-order chi connectivity index (χ1) is 11.5. The zero-order chi connectivity index (χ0) is 17.1. The van der Waals surface area contributed by atoms with Gasteiger partial charge in [0.1, 0.15) is 18.0 Å². The van der Waals surface area contributed by atoms with Crippen molar-refractivity contribution in [3.63, 3.8) is 0 Å². The summed E-state index contributed by atoms with van der Waals surface area (Å²) in [5.41, 5.74) is 2.23. The van der Waals surface area contributed by atoms with Crippen LogP contribution in [0.25, 0.3) is 11.0 Å². The van der Waals surface area contributed by atoms with E-state index in [2.05, 4.69) is 10.6 Å². The molecule has 2 aromatic carbocycles. The molecule has 1 amide bonds. The van der Waals surface area contributed by atoms with Crippen LogP contribution in [0.2, 0.25) is 5.02 Å². The van der Waals surface area contributed by atoms with E-state index in [9.17, 15) is 4.79 Å². The second kappa shape index (κ2) is 6.95. The molecule has 0 radical (unpaired) electrons. The number of fused-ring (bicyclic) bond motifs is 1. The van der Waals surface area contributed by atoms with Crippen LogP contribution in [0.15, 0.2) is 52.9 Å². The average Bonchev–Trinajstić information content (AvgIpc) is 2.98. The zero-order valence-corrected chi connectivity index (χ0v) is 13.8. The highest BCUT2D eigenvalue weighted by Gasteiger charge is 2.12. The summed E-state index contributed by atoms with van der Waals surface area (Å²) in [7, 11) is 0. The minimum Gasteiger partial charge on any atom is -0.459 e. The Hall–Kier alpha value is -2.50. The van der Waals surface area contributed by atoms with Crippen molar-refractivity contribution in [1.82, 2.24) is 0 Å². The third-order valence-electron chi connectivity index (χ3n) is 3.60. The van der Waals surface area contributed by atoms with Crippen LogP contribution in [-0.4, -0.2) is 17.6 Å². The van der Waals surface area contributed by atoms with E-state index in [-0.39, 0.29) is 6.04 Å². The lowest BCUT2D eigenvalue weighted by molar-refractivity contribution is -0.118. The molecular formula is C18H17ClN2O3. The third kappa shape index (κ3) is 3.69. The molecule has 1 aromatic heterocycles. The molecule has 5 nitrogen and oxygen atoms in total. The molecule has 3 rings (SSSR count). The number of halogens is 1. The minimum absolute atomic E-state index is 0.0695. The molecule has 0 aliphatic heterocycles. The standard InChI is InChI=1S/C18H17ClN2O3/c1-11(17-8-12-7-13(19)5-6-16(12)24-17)20-14-3-2-4-15(9-14)21-18(23)10-22/h2-9,11,20,22H,10H2,1H3,(H,21,23). The Labute approximate surface area is 144 Å². The van der Waals surface area contributed by atoms with Crippen molar-refractivity contribution < 1.29 is 14.3 Å². The Morgan fingerprint density at radius 3 is 2.79 bits per heavy atom. The first kappa shape index (κ1) is 16.4. The Balaban J connectivity index is 1.76. The SMILES string of the molecule is CC(Nc1cccc(NC(=O)CO)c1)c1cc2cc(Cl)ccc2o1. The maximum absolute atomic E-state index is 11.3. The number of nitrogens with one attached hydrogen (secondary N) is 2. The van der Waals surface area contributed by atoms with Crippen LogP contribution in [-0.2, 0) is 4.79 Å². The first-order valence-corrected chi connectivity index (χ1v) is 7.89. The van der Waals surface area contributed by atoms with E-state index in [1.807, 2.05) is 37.3 Å². The summed E-state index contributed by atoms with van der Waals surface area (Å²) in [5, 5.41) is 16.4. The van der Waals surface area contributed by atoms with Gasteiger partial charge >= 0.3 is 0 Å². The van der Waals surface area contributed by atoms with Crippen molar-refractivity contribution in [1.29, 1.82) is 0 Å². The molecule has 124 valence electrons.